The quantitative estimate of drug-likeness (QED) is 0.0602. The topological polar surface area (TPSA) is 239 Å². The molecule has 6 aliphatic rings. The third-order valence-corrected chi connectivity index (χ3v) is 22.5. The average molecular weight is 1590 g/mol. The molecule has 0 aliphatic carbocycles. The molecule has 115 heavy (non-hydrogen) atoms. The lowest BCUT2D eigenvalue weighted by atomic mass is 9.92. The van der Waals surface area contributed by atoms with Crippen LogP contribution >= 0.6 is 11.6 Å². The Morgan fingerprint density at radius 2 is 0.678 bits per heavy atom. The summed E-state index contributed by atoms with van der Waals surface area (Å²) in [5, 5.41) is 6.02. The van der Waals surface area contributed by atoms with Gasteiger partial charge >= 0.3 is 0 Å². The number of nitrogen functional groups attached to an aromatic ring is 1. The number of nitrogens with zero attached hydrogens (tertiary/aromatic N) is 21. The summed E-state index contributed by atoms with van der Waals surface area (Å²) in [7, 11) is 0. The SMILES string of the molecule is CC1(C)Cc2nc3c(F)cc(-c4nc(Cl)ncc4F)cc3n2C1.CCN1CCN(Cc2ccc(N)nc2)CC1.CCN1CCN(Cc2ccc(Nc3ncc(F)c(-c4cc(F)c5nc6n(c5c4)CC(C)(C)C6)n3)nc2)CC1.CCN1CCN(Cc2ccc(Nc3ncc(F)c(-c4cc(F)c5nc6n(c5c4)CC(C)(C)C6)n3)nc2)CC1. The molecular weight excluding hydrogens is 1490 g/mol. The Labute approximate surface area is 669 Å². The van der Waals surface area contributed by atoms with Gasteiger partial charge in [-0.3, -0.25) is 14.7 Å². The molecule has 4 N–H and O–H groups in total. The summed E-state index contributed by atoms with van der Waals surface area (Å²) >= 11 is 5.73. The molecule has 0 bridgehead atoms. The first-order valence-electron chi connectivity index (χ1n) is 39.5. The van der Waals surface area contributed by atoms with Crippen LogP contribution < -0.4 is 16.4 Å². The lowest BCUT2D eigenvalue weighted by molar-refractivity contribution is 0.132. The minimum absolute atomic E-state index is 0.0152. The van der Waals surface area contributed by atoms with Crippen LogP contribution in [0.4, 0.5) is 55.7 Å². The lowest BCUT2D eigenvalue weighted by Crippen LogP contribution is -2.45. The molecule has 3 aromatic carbocycles. The van der Waals surface area contributed by atoms with Gasteiger partial charge in [-0.2, -0.15) is 0 Å². The summed E-state index contributed by atoms with van der Waals surface area (Å²) in [5.41, 5.74) is 13.2. The molecule has 0 saturated carbocycles. The molecule has 0 spiro atoms. The van der Waals surface area contributed by atoms with Crippen molar-refractivity contribution in [2.24, 2.45) is 16.2 Å². The fourth-order valence-electron chi connectivity index (χ4n) is 16.1. The van der Waals surface area contributed by atoms with Gasteiger partial charge in [-0.1, -0.05) is 80.5 Å². The molecule has 3 saturated heterocycles. The molecule has 0 atom stereocenters. The van der Waals surface area contributed by atoms with Gasteiger partial charge in [0.05, 0.1) is 35.1 Å². The molecule has 15 heterocycles. The van der Waals surface area contributed by atoms with Crippen molar-refractivity contribution in [2.45, 2.75) is 121 Å². The fraction of sp³-hybridized carbons (Fsp3) is 0.429. The first-order chi connectivity index (χ1) is 55.2. The van der Waals surface area contributed by atoms with E-state index in [0.29, 0.717) is 67.2 Å². The zero-order valence-corrected chi connectivity index (χ0v) is 67.2. The molecule has 31 heteroatoms. The monoisotopic (exact) mass is 1590 g/mol. The van der Waals surface area contributed by atoms with Crippen LogP contribution in [0.3, 0.4) is 0 Å². The van der Waals surface area contributed by atoms with Gasteiger partial charge in [-0.05, 0) is 119 Å². The maximum atomic E-state index is 15.0. The largest absolute Gasteiger partial charge is 0.384 e. The summed E-state index contributed by atoms with van der Waals surface area (Å²) in [6, 6.07) is 20.8. The lowest BCUT2D eigenvalue weighted by Gasteiger charge is -2.33. The molecule has 6 aliphatic heterocycles. The van der Waals surface area contributed by atoms with Gasteiger partial charge in [-0.15, -0.1) is 0 Å². The van der Waals surface area contributed by atoms with Crippen molar-refractivity contribution in [1.29, 1.82) is 0 Å². The number of halogens is 7. The van der Waals surface area contributed by atoms with E-state index in [9.17, 15) is 17.6 Å². The van der Waals surface area contributed by atoms with Gasteiger partial charge in [0, 0.05) is 172 Å². The highest BCUT2D eigenvalue weighted by atomic mass is 35.5. The molecule has 0 unspecified atom stereocenters. The fourth-order valence-corrected chi connectivity index (χ4v) is 16.2. The van der Waals surface area contributed by atoms with E-state index in [4.69, 9.17) is 17.3 Å². The van der Waals surface area contributed by atoms with E-state index in [1.807, 2.05) is 62.6 Å². The van der Waals surface area contributed by atoms with Crippen LogP contribution in [-0.4, -0.2) is 201 Å². The summed E-state index contributed by atoms with van der Waals surface area (Å²) in [6.07, 6.45) is 11.1. The minimum atomic E-state index is -0.644. The highest BCUT2D eigenvalue weighted by Crippen LogP contribution is 2.41. The normalized spacial score (nSPS) is 17.5. The maximum Gasteiger partial charge on any atom is 0.229 e. The Kier molecular flexibility index (Phi) is 23.3. The van der Waals surface area contributed by atoms with Gasteiger partial charge in [0.1, 0.15) is 68.6 Å². The number of likely N-dealkylation sites (N-methyl/N-ethyl adjacent to an activating group) is 3. The van der Waals surface area contributed by atoms with E-state index >= 15 is 8.78 Å². The molecule has 602 valence electrons. The number of benzene rings is 3. The number of nitrogens with two attached hydrogens (primary N) is 1. The number of pyridine rings is 3. The first-order valence-corrected chi connectivity index (χ1v) is 39.8. The van der Waals surface area contributed by atoms with Crippen LogP contribution in [0.2, 0.25) is 5.28 Å². The van der Waals surface area contributed by atoms with Crippen LogP contribution in [0.15, 0.2) is 110 Å². The van der Waals surface area contributed by atoms with Crippen LogP contribution in [-0.2, 0) is 58.5 Å². The van der Waals surface area contributed by atoms with Crippen molar-refractivity contribution in [1.82, 2.24) is 103 Å². The standard InChI is InChI=1S/2C28H32F2N8.C16H13ClF2N4.C12H20N4/c2*1-4-36-7-9-37(10-8-36)16-18-5-6-23(31-14-18)33-27-32-15-21(30)25(35-27)19-11-20(29)26-22(12-19)38-17-28(2,3)13-24(38)34-26;1-16(2)5-12-21-14-9(18)3-8(4-11(14)23(12)7-16)13-10(19)6-20-15(17)22-13;1-2-15-5-7-16(8-6-15)10-11-3-4-12(13)14-9-11/h2*5-6,11-12,14-15H,4,7-10,13,16-17H2,1-3H3,(H,31,32,33,35);3-4,6H,5,7H2,1-2H3;3-4,9H,2,5-8,10H2,1H3,(H2,13,14). The van der Waals surface area contributed by atoms with Crippen molar-refractivity contribution < 1.29 is 26.3 Å². The molecule has 0 radical (unpaired) electrons. The Balaban J connectivity index is 0.000000127. The van der Waals surface area contributed by atoms with Crippen LogP contribution in [0, 0.1) is 51.1 Å². The van der Waals surface area contributed by atoms with E-state index in [1.165, 1.54) is 36.9 Å². The third-order valence-electron chi connectivity index (χ3n) is 22.3. The van der Waals surface area contributed by atoms with Gasteiger partial charge in [0.15, 0.2) is 34.9 Å². The third kappa shape index (κ3) is 18.5. The predicted octanol–water partition coefficient (Wildman–Crippen LogP) is 14.1. The van der Waals surface area contributed by atoms with Crippen molar-refractivity contribution in [2.75, 3.05) is 115 Å². The number of anilines is 5. The summed E-state index contributed by atoms with van der Waals surface area (Å²) in [4.78, 5) is 65.6. The highest BCUT2D eigenvalue weighted by molar-refractivity contribution is 6.28. The number of nitrogens with one attached hydrogen (secondary N) is 2. The van der Waals surface area contributed by atoms with Crippen LogP contribution in [0.25, 0.3) is 66.9 Å². The Morgan fingerprint density at radius 1 is 0.365 bits per heavy atom. The second-order valence-electron chi connectivity index (χ2n) is 33.0. The van der Waals surface area contributed by atoms with Gasteiger partial charge in [-0.25, -0.2) is 86.2 Å². The Morgan fingerprint density at radius 3 is 0.991 bits per heavy atom. The van der Waals surface area contributed by atoms with E-state index in [0.717, 1.165) is 191 Å². The number of hydrogen-bond donors (Lipinski definition) is 3. The predicted molar refractivity (Wildman–Crippen MR) is 435 cm³/mol. The Bertz CT molecular complexity index is 5250. The van der Waals surface area contributed by atoms with E-state index in [-0.39, 0.29) is 50.5 Å². The van der Waals surface area contributed by atoms with Crippen molar-refractivity contribution in [3.8, 4) is 33.8 Å². The number of rotatable bonds is 16. The first kappa shape index (κ1) is 80.0. The van der Waals surface area contributed by atoms with E-state index in [2.05, 4.69) is 168 Å². The zero-order chi connectivity index (χ0) is 80.6. The highest BCUT2D eigenvalue weighted by Gasteiger charge is 2.36. The second-order valence-corrected chi connectivity index (χ2v) is 33.4. The number of fused-ring (bicyclic) bond motifs is 9. The molecule has 12 aromatic rings. The van der Waals surface area contributed by atoms with Crippen LogP contribution in [0.1, 0.15) is 96.5 Å². The van der Waals surface area contributed by atoms with E-state index < -0.39 is 34.9 Å². The van der Waals surface area contributed by atoms with E-state index in [1.54, 1.807) is 18.2 Å². The number of imidazole rings is 3. The van der Waals surface area contributed by atoms with Crippen molar-refractivity contribution in [3.05, 3.63) is 184 Å². The van der Waals surface area contributed by atoms with Crippen molar-refractivity contribution >= 4 is 74.1 Å². The zero-order valence-electron chi connectivity index (χ0n) is 66.5. The van der Waals surface area contributed by atoms with Crippen molar-refractivity contribution in [3.63, 3.8) is 0 Å². The van der Waals surface area contributed by atoms with Gasteiger partial charge in [0.25, 0.3) is 0 Å². The molecule has 24 nitrogen and oxygen atoms in total. The minimum Gasteiger partial charge on any atom is -0.384 e. The summed E-state index contributed by atoms with van der Waals surface area (Å²) in [5.74, 6) is 1.28. The number of hydrogen-bond acceptors (Lipinski definition) is 21. The Hall–Kier alpha value is -10.2. The smallest absolute Gasteiger partial charge is 0.229 e. The summed E-state index contributed by atoms with van der Waals surface area (Å²) in [6.45, 7) is 41.0. The summed E-state index contributed by atoms with van der Waals surface area (Å²) < 4.78 is 94.2. The molecule has 9 aromatic heterocycles. The second kappa shape index (κ2) is 33.6. The van der Waals surface area contributed by atoms with Gasteiger partial charge in [0.2, 0.25) is 17.2 Å². The molecule has 0 amide bonds. The molecule has 3 fully saturated rings. The molecular formula is C84H97ClF6N24. The van der Waals surface area contributed by atoms with Gasteiger partial charge < -0.3 is 44.8 Å². The average Bonchev–Trinajstić information content (AvgIpc) is 1.61. The van der Waals surface area contributed by atoms with Crippen LogP contribution in [0.5, 0.6) is 0 Å². The molecule has 18 rings (SSSR count). The maximum absolute atomic E-state index is 15.0. The number of aromatic nitrogens is 15. The number of piperazine rings is 3.